The molecule has 0 radical (unpaired) electrons. The van der Waals surface area contributed by atoms with Crippen LogP contribution in [-0.4, -0.2) is 53.5 Å². The summed E-state index contributed by atoms with van der Waals surface area (Å²) in [5.74, 6) is 1.36. The van der Waals surface area contributed by atoms with E-state index >= 15 is 0 Å². The van der Waals surface area contributed by atoms with E-state index in [0.29, 0.717) is 42.4 Å². The smallest absolute Gasteiger partial charge is 0.236 e. The Hall–Kier alpha value is -0.610. The number of hydrogen-bond donors (Lipinski definition) is 1. The van der Waals surface area contributed by atoms with Gasteiger partial charge < -0.3 is 10.6 Å². The van der Waals surface area contributed by atoms with Crippen molar-refractivity contribution >= 4 is 5.91 Å². The van der Waals surface area contributed by atoms with Crippen molar-refractivity contribution in [2.24, 2.45) is 17.6 Å². The van der Waals surface area contributed by atoms with Crippen LogP contribution >= 0.6 is 0 Å². The summed E-state index contributed by atoms with van der Waals surface area (Å²) in [6, 6.07) is 1.43. The Morgan fingerprint density at radius 3 is 2.00 bits per heavy atom. The van der Waals surface area contributed by atoms with Crippen LogP contribution in [-0.2, 0) is 4.79 Å². The minimum atomic E-state index is 0.310. The zero-order valence-electron chi connectivity index (χ0n) is 14.2. The van der Waals surface area contributed by atoms with Gasteiger partial charge in [-0.05, 0) is 37.5 Å². The standard InChI is InChI=1S/C17H33N3O/c1-12(2)9-19(10-13(3)4)17(21)11-20-15-5-6-16(20)8-14(18)7-15/h12-16H,5-11,18H2,1-4H3. The third kappa shape index (κ3) is 4.43. The maximum Gasteiger partial charge on any atom is 0.236 e. The van der Waals surface area contributed by atoms with Gasteiger partial charge in [0.2, 0.25) is 5.91 Å². The molecule has 1 amide bonds. The van der Waals surface area contributed by atoms with Gasteiger partial charge in [-0.15, -0.1) is 0 Å². The number of nitrogens with zero attached hydrogens (tertiary/aromatic N) is 2. The lowest BCUT2D eigenvalue weighted by atomic mass is 9.98. The summed E-state index contributed by atoms with van der Waals surface area (Å²) < 4.78 is 0. The van der Waals surface area contributed by atoms with E-state index in [1.165, 1.54) is 12.8 Å². The first kappa shape index (κ1) is 16.8. The lowest BCUT2D eigenvalue weighted by molar-refractivity contribution is -0.134. The number of rotatable bonds is 6. The Morgan fingerprint density at radius 1 is 1.10 bits per heavy atom. The van der Waals surface area contributed by atoms with E-state index in [0.717, 1.165) is 25.9 Å². The second-order valence-corrected chi connectivity index (χ2v) is 7.88. The first-order valence-corrected chi connectivity index (χ1v) is 8.66. The molecule has 4 heteroatoms. The average Bonchev–Trinajstić information content (AvgIpc) is 2.59. The quantitative estimate of drug-likeness (QED) is 0.816. The highest BCUT2D eigenvalue weighted by molar-refractivity contribution is 5.78. The fourth-order valence-corrected chi connectivity index (χ4v) is 3.99. The zero-order chi connectivity index (χ0) is 15.6. The summed E-state index contributed by atoms with van der Waals surface area (Å²) in [7, 11) is 0. The van der Waals surface area contributed by atoms with E-state index in [1.807, 2.05) is 0 Å². The lowest BCUT2D eigenvalue weighted by Crippen LogP contribution is -2.52. The largest absolute Gasteiger partial charge is 0.341 e. The van der Waals surface area contributed by atoms with Crippen LogP contribution in [0.1, 0.15) is 53.4 Å². The van der Waals surface area contributed by atoms with Crippen molar-refractivity contribution < 1.29 is 4.79 Å². The summed E-state index contributed by atoms with van der Waals surface area (Å²) in [6.07, 6.45) is 4.58. The van der Waals surface area contributed by atoms with Gasteiger partial charge in [0, 0.05) is 31.2 Å². The molecule has 0 saturated carbocycles. The highest BCUT2D eigenvalue weighted by Crippen LogP contribution is 2.34. The van der Waals surface area contributed by atoms with Crippen LogP contribution < -0.4 is 5.73 Å². The molecule has 2 aliphatic heterocycles. The molecule has 0 spiro atoms. The minimum Gasteiger partial charge on any atom is -0.341 e. The third-order valence-electron chi connectivity index (χ3n) is 4.76. The van der Waals surface area contributed by atoms with Crippen molar-refractivity contribution in [3.8, 4) is 0 Å². The highest BCUT2D eigenvalue weighted by Gasteiger charge is 2.40. The molecule has 2 unspecified atom stereocenters. The number of carbonyl (C=O) groups is 1. The minimum absolute atomic E-state index is 0.310. The van der Waals surface area contributed by atoms with E-state index < -0.39 is 0 Å². The van der Waals surface area contributed by atoms with Crippen molar-refractivity contribution in [3.63, 3.8) is 0 Å². The molecule has 2 atom stereocenters. The molecule has 0 aromatic rings. The van der Waals surface area contributed by atoms with Crippen molar-refractivity contribution in [1.29, 1.82) is 0 Å². The predicted molar refractivity (Wildman–Crippen MR) is 87.0 cm³/mol. The molecule has 2 heterocycles. The van der Waals surface area contributed by atoms with Gasteiger partial charge in [-0.25, -0.2) is 0 Å². The molecular weight excluding hydrogens is 262 g/mol. The van der Waals surface area contributed by atoms with E-state index in [-0.39, 0.29) is 0 Å². The summed E-state index contributed by atoms with van der Waals surface area (Å²) >= 11 is 0. The van der Waals surface area contributed by atoms with Crippen molar-refractivity contribution in [1.82, 2.24) is 9.80 Å². The van der Waals surface area contributed by atoms with Crippen LogP contribution in [0.4, 0.5) is 0 Å². The topological polar surface area (TPSA) is 49.6 Å². The fourth-order valence-electron chi connectivity index (χ4n) is 3.99. The molecule has 2 saturated heterocycles. The van der Waals surface area contributed by atoms with Gasteiger partial charge in [0.1, 0.15) is 0 Å². The monoisotopic (exact) mass is 295 g/mol. The number of carbonyl (C=O) groups excluding carboxylic acids is 1. The Kier molecular flexibility index (Phi) is 5.67. The summed E-state index contributed by atoms with van der Waals surface area (Å²) in [5.41, 5.74) is 6.12. The van der Waals surface area contributed by atoms with Crippen molar-refractivity contribution in [2.45, 2.75) is 71.5 Å². The van der Waals surface area contributed by atoms with Crippen molar-refractivity contribution in [3.05, 3.63) is 0 Å². The van der Waals surface area contributed by atoms with Crippen LogP contribution in [0.5, 0.6) is 0 Å². The van der Waals surface area contributed by atoms with Gasteiger partial charge in [-0.3, -0.25) is 9.69 Å². The van der Waals surface area contributed by atoms with Gasteiger partial charge >= 0.3 is 0 Å². The average molecular weight is 295 g/mol. The number of hydrogen-bond acceptors (Lipinski definition) is 3. The lowest BCUT2D eigenvalue weighted by Gasteiger charge is -2.38. The van der Waals surface area contributed by atoms with Crippen LogP contribution in [0.3, 0.4) is 0 Å². The molecule has 2 rings (SSSR count). The van der Waals surface area contributed by atoms with E-state index in [9.17, 15) is 4.79 Å². The Labute approximate surface area is 130 Å². The van der Waals surface area contributed by atoms with Gasteiger partial charge in [0.25, 0.3) is 0 Å². The molecule has 2 aliphatic rings. The molecule has 21 heavy (non-hydrogen) atoms. The Morgan fingerprint density at radius 2 is 1.57 bits per heavy atom. The summed E-state index contributed by atoms with van der Waals surface area (Å²) in [5, 5.41) is 0. The number of amides is 1. The second-order valence-electron chi connectivity index (χ2n) is 7.88. The van der Waals surface area contributed by atoms with E-state index in [4.69, 9.17) is 5.73 Å². The number of nitrogens with two attached hydrogens (primary N) is 1. The van der Waals surface area contributed by atoms with Crippen LogP contribution in [0.2, 0.25) is 0 Å². The van der Waals surface area contributed by atoms with Crippen molar-refractivity contribution in [2.75, 3.05) is 19.6 Å². The van der Waals surface area contributed by atoms with Gasteiger partial charge in [0.05, 0.1) is 6.54 Å². The summed E-state index contributed by atoms with van der Waals surface area (Å²) in [6.45, 7) is 11.1. The predicted octanol–water partition coefficient (Wildman–Crippen LogP) is 2.08. The molecule has 2 fully saturated rings. The first-order chi connectivity index (χ1) is 9.86. The molecule has 0 aliphatic carbocycles. The Bertz CT molecular complexity index is 332. The van der Waals surface area contributed by atoms with E-state index in [2.05, 4.69) is 37.5 Å². The third-order valence-corrected chi connectivity index (χ3v) is 4.76. The summed E-state index contributed by atoms with van der Waals surface area (Å²) in [4.78, 5) is 17.3. The zero-order valence-corrected chi connectivity index (χ0v) is 14.2. The molecule has 0 aromatic carbocycles. The fraction of sp³-hybridized carbons (Fsp3) is 0.941. The number of fused-ring (bicyclic) bond motifs is 2. The van der Waals surface area contributed by atoms with Crippen LogP contribution in [0.15, 0.2) is 0 Å². The molecule has 2 bridgehead atoms. The molecule has 4 nitrogen and oxygen atoms in total. The second kappa shape index (κ2) is 7.10. The van der Waals surface area contributed by atoms with Crippen LogP contribution in [0.25, 0.3) is 0 Å². The molecule has 0 aromatic heterocycles. The molecule has 2 N–H and O–H groups in total. The van der Waals surface area contributed by atoms with Gasteiger partial charge in [0.15, 0.2) is 0 Å². The maximum atomic E-state index is 12.7. The Balaban J connectivity index is 1.95. The normalized spacial score (nSPS) is 29.4. The SMILES string of the molecule is CC(C)CN(CC(C)C)C(=O)CN1C2CCC1CC(N)C2. The van der Waals surface area contributed by atoms with Crippen LogP contribution in [0, 0.1) is 11.8 Å². The number of piperidine rings is 1. The van der Waals surface area contributed by atoms with Gasteiger partial charge in [-0.2, -0.15) is 0 Å². The maximum absolute atomic E-state index is 12.7. The van der Waals surface area contributed by atoms with E-state index in [1.54, 1.807) is 0 Å². The first-order valence-electron chi connectivity index (χ1n) is 8.66. The molecular formula is C17H33N3O. The highest BCUT2D eigenvalue weighted by atomic mass is 16.2. The molecule has 122 valence electrons. The van der Waals surface area contributed by atoms with Gasteiger partial charge in [-0.1, -0.05) is 27.7 Å².